The Labute approximate surface area is 109 Å². The quantitative estimate of drug-likeness (QED) is 0.803. The van der Waals surface area contributed by atoms with Gasteiger partial charge in [-0.3, -0.25) is 0 Å². The van der Waals surface area contributed by atoms with Crippen LogP contribution in [0.25, 0.3) is 0 Å². The molecule has 0 aliphatic carbocycles. The lowest BCUT2D eigenvalue weighted by Crippen LogP contribution is -2.06. The zero-order valence-corrected chi connectivity index (χ0v) is 12.2. The summed E-state index contributed by atoms with van der Waals surface area (Å²) in [7, 11) is 2.55. The summed E-state index contributed by atoms with van der Waals surface area (Å²) in [6.07, 6.45) is 0.199. The molecule has 0 bridgehead atoms. The maximum absolute atomic E-state index is 11.4. The second-order valence-corrected chi connectivity index (χ2v) is 8.45. The summed E-state index contributed by atoms with van der Waals surface area (Å²) in [6, 6.07) is 2.64. The molecule has 0 amide bonds. The van der Waals surface area contributed by atoms with Crippen molar-refractivity contribution >= 4 is 39.5 Å². The van der Waals surface area contributed by atoms with E-state index in [1.54, 1.807) is 13.8 Å². The highest BCUT2D eigenvalue weighted by atomic mass is 35.7. The molecule has 1 aromatic rings. The molecule has 8 heteroatoms. The molecular formula is C9H10Cl2O4S2. The first kappa shape index (κ1) is 14.8. The van der Waals surface area contributed by atoms with E-state index in [0.717, 1.165) is 0 Å². The Balaban J connectivity index is 3.85. The third-order valence-electron chi connectivity index (χ3n) is 2.27. The number of halogens is 2. The van der Waals surface area contributed by atoms with E-state index in [1.165, 1.54) is 12.1 Å². The molecule has 0 spiro atoms. The van der Waals surface area contributed by atoms with Gasteiger partial charge in [-0.15, -0.1) is 0 Å². The zero-order chi connectivity index (χ0) is 13.4. The summed E-state index contributed by atoms with van der Waals surface area (Å²) in [5.74, 6) is 0. The van der Waals surface area contributed by atoms with E-state index < -0.39 is 18.1 Å². The van der Waals surface area contributed by atoms with E-state index in [-0.39, 0.29) is 21.8 Å². The number of benzene rings is 1. The van der Waals surface area contributed by atoms with E-state index in [4.69, 9.17) is 21.4 Å². The lowest BCUT2D eigenvalue weighted by Gasteiger charge is -2.11. The standard InChI is InChI=1S/C9H10Cl2O4S2/c1-3-7-8(16(10,12)13)5-4-6(2)9(7)17(11,14)15/h4-5H,3H2,1-2H3. The van der Waals surface area contributed by atoms with Crippen LogP contribution in [-0.2, 0) is 24.5 Å². The fourth-order valence-corrected chi connectivity index (χ4v) is 4.54. The summed E-state index contributed by atoms with van der Waals surface area (Å²) in [4.78, 5) is -0.394. The average Bonchev–Trinajstić information content (AvgIpc) is 2.12. The van der Waals surface area contributed by atoms with Crippen molar-refractivity contribution in [2.75, 3.05) is 0 Å². The Morgan fingerprint density at radius 2 is 1.59 bits per heavy atom. The van der Waals surface area contributed by atoms with Gasteiger partial charge in [0.15, 0.2) is 0 Å². The highest BCUT2D eigenvalue weighted by Crippen LogP contribution is 2.31. The number of hydrogen-bond acceptors (Lipinski definition) is 4. The van der Waals surface area contributed by atoms with Gasteiger partial charge in [0.25, 0.3) is 18.1 Å². The van der Waals surface area contributed by atoms with Crippen molar-refractivity contribution in [2.45, 2.75) is 30.1 Å². The third kappa shape index (κ3) is 3.13. The smallest absolute Gasteiger partial charge is 0.207 e. The van der Waals surface area contributed by atoms with Gasteiger partial charge in [0.05, 0.1) is 9.79 Å². The zero-order valence-electron chi connectivity index (χ0n) is 9.07. The van der Waals surface area contributed by atoms with Crippen molar-refractivity contribution in [3.05, 3.63) is 23.3 Å². The first-order chi connectivity index (χ1) is 7.59. The van der Waals surface area contributed by atoms with Gasteiger partial charge in [-0.2, -0.15) is 0 Å². The van der Waals surface area contributed by atoms with E-state index >= 15 is 0 Å². The van der Waals surface area contributed by atoms with Crippen LogP contribution in [0, 0.1) is 6.92 Å². The molecule has 17 heavy (non-hydrogen) atoms. The van der Waals surface area contributed by atoms with Crippen molar-refractivity contribution < 1.29 is 16.8 Å². The molecule has 0 atom stereocenters. The summed E-state index contributed by atoms with van der Waals surface area (Å²) < 4.78 is 45.5. The molecule has 0 aromatic heterocycles. The average molecular weight is 317 g/mol. The van der Waals surface area contributed by atoms with E-state index in [0.29, 0.717) is 5.56 Å². The fraction of sp³-hybridized carbons (Fsp3) is 0.333. The Hall–Kier alpha value is -0.300. The minimum absolute atomic E-state index is 0.120. The predicted octanol–water partition coefficient (Wildman–Crippen LogP) is 2.41. The third-order valence-corrected chi connectivity index (χ3v) is 5.20. The largest absolute Gasteiger partial charge is 0.261 e. The summed E-state index contributed by atoms with van der Waals surface area (Å²) in [5.41, 5.74) is 0.510. The van der Waals surface area contributed by atoms with Gasteiger partial charge in [-0.1, -0.05) is 13.0 Å². The highest BCUT2D eigenvalue weighted by molar-refractivity contribution is 8.14. The molecular weight excluding hydrogens is 307 g/mol. The first-order valence-corrected chi connectivity index (χ1v) is 9.22. The minimum atomic E-state index is -4.01. The van der Waals surface area contributed by atoms with Gasteiger partial charge in [-0.25, -0.2) is 16.8 Å². The van der Waals surface area contributed by atoms with E-state index in [2.05, 4.69) is 0 Å². The Morgan fingerprint density at radius 1 is 1.06 bits per heavy atom. The normalized spacial score (nSPS) is 12.7. The topological polar surface area (TPSA) is 68.3 Å². The number of rotatable bonds is 3. The van der Waals surface area contributed by atoms with Crippen LogP contribution < -0.4 is 0 Å². The van der Waals surface area contributed by atoms with Gasteiger partial charge >= 0.3 is 0 Å². The van der Waals surface area contributed by atoms with Gasteiger partial charge < -0.3 is 0 Å². The van der Waals surface area contributed by atoms with Crippen LogP contribution in [0.3, 0.4) is 0 Å². The molecule has 0 N–H and O–H groups in total. The maximum atomic E-state index is 11.4. The van der Waals surface area contributed by atoms with Gasteiger partial charge in [0, 0.05) is 21.4 Å². The molecule has 1 rings (SSSR count). The van der Waals surface area contributed by atoms with Gasteiger partial charge in [0.2, 0.25) is 0 Å². The molecule has 0 saturated carbocycles. The Kier molecular flexibility index (Phi) is 4.13. The molecule has 1 aromatic carbocycles. The molecule has 0 fully saturated rings. The maximum Gasteiger partial charge on any atom is 0.261 e. The first-order valence-electron chi connectivity index (χ1n) is 4.60. The van der Waals surface area contributed by atoms with Crippen LogP contribution in [0.2, 0.25) is 0 Å². The molecule has 0 heterocycles. The van der Waals surface area contributed by atoms with Crippen LogP contribution in [0.1, 0.15) is 18.1 Å². The lowest BCUT2D eigenvalue weighted by atomic mass is 10.1. The fourth-order valence-electron chi connectivity index (χ4n) is 1.63. The minimum Gasteiger partial charge on any atom is -0.207 e. The molecule has 0 aliphatic rings. The van der Waals surface area contributed by atoms with Crippen LogP contribution in [-0.4, -0.2) is 16.8 Å². The summed E-state index contributed by atoms with van der Waals surface area (Å²) >= 11 is 0. The molecule has 0 radical (unpaired) electrons. The van der Waals surface area contributed by atoms with E-state index in [9.17, 15) is 16.8 Å². The van der Waals surface area contributed by atoms with Crippen molar-refractivity contribution in [3.63, 3.8) is 0 Å². The highest BCUT2D eigenvalue weighted by Gasteiger charge is 2.25. The molecule has 0 aliphatic heterocycles. The van der Waals surface area contributed by atoms with Crippen LogP contribution >= 0.6 is 21.4 Å². The van der Waals surface area contributed by atoms with Crippen LogP contribution in [0.15, 0.2) is 21.9 Å². The second-order valence-electron chi connectivity index (χ2n) is 3.42. The predicted molar refractivity (Wildman–Crippen MR) is 66.6 cm³/mol. The summed E-state index contributed by atoms with van der Waals surface area (Å²) in [5, 5.41) is 0. The summed E-state index contributed by atoms with van der Waals surface area (Å²) in [6.45, 7) is 3.17. The van der Waals surface area contributed by atoms with E-state index in [1.807, 2.05) is 0 Å². The Morgan fingerprint density at radius 3 is 1.94 bits per heavy atom. The van der Waals surface area contributed by atoms with Crippen LogP contribution in [0.4, 0.5) is 0 Å². The molecule has 0 saturated heterocycles. The Bertz CT molecular complexity index is 648. The molecule has 4 nitrogen and oxygen atoms in total. The monoisotopic (exact) mass is 316 g/mol. The number of hydrogen-bond donors (Lipinski definition) is 0. The van der Waals surface area contributed by atoms with Crippen molar-refractivity contribution in [1.29, 1.82) is 0 Å². The second kappa shape index (κ2) is 4.76. The van der Waals surface area contributed by atoms with Gasteiger partial charge in [0.1, 0.15) is 0 Å². The van der Waals surface area contributed by atoms with Crippen LogP contribution in [0.5, 0.6) is 0 Å². The lowest BCUT2D eigenvalue weighted by molar-refractivity contribution is 0.605. The SMILES string of the molecule is CCc1c(S(=O)(=O)Cl)ccc(C)c1S(=O)(=O)Cl. The molecule has 0 unspecified atom stereocenters. The van der Waals surface area contributed by atoms with Crippen molar-refractivity contribution in [1.82, 2.24) is 0 Å². The van der Waals surface area contributed by atoms with Crippen molar-refractivity contribution in [3.8, 4) is 0 Å². The number of aryl methyl sites for hydroxylation is 1. The van der Waals surface area contributed by atoms with Crippen molar-refractivity contribution in [2.24, 2.45) is 0 Å². The van der Waals surface area contributed by atoms with Gasteiger partial charge in [-0.05, 0) is 30.5 Å². The molecule has 96 valence electrons.